The Morgan fingerprint density at radius 2 is 1.50 bits per heavy atom. The molecule has 2 aliphatic heterocycles. The lowest BCUT2D eigenvalue weighted by Crippen LogP contribution is -2.38. The second-order valence-corrected chi connectivity index (χ2v) is 12.7. The lowest BCUT2D eigenvalue weighted by atomic mass is 9.63. The molecule has 1 aromatic carbocycles. The van der Waals surface area contributed by atoms with Gasteiger partial charge in [-0.2, -0.15) is 0 Å². The minimum atomic E-state index is 0.252. The van der Waals surface area contributed by atoms with E-state index in [0.29, 0.717) is 5.92 Å². The highest BCUT2D eigenvalue weighted by Gasteiger charge is 2.37. The molecule has 0 spiro atoms. The Kier molecular flexibility index (Phi) is 6.24. The van der Waals surface area contributed by atoms with Crippen molar-refractivity contribution in [2.45, 2.75) is 83.0 Å². The summed E-state index contributed by atoms with van der Waals surface area (Å²) >= 11 is 1.89. The van der Waals surface area contributed by atoms with Gasteiger partial charge in [-0.15, -0.1) is 11.3 Å². The number of hydrogen-bond donors (Lipinski definition) is 0. The van der Waals surface area contributed by atoms with E-state index in [4.69, 9.17) is 4.98 Å². The third-order valence-electron chi connectivity index (χ3n) is 8.54. The summed E-state index contributed by atoms with van der Waals surface area (Å²) in [7, 11) is 0. The summed E-state index contributed by atoms with van der Waals surface area (Å²) in [5.74, 6) is 0.643. The Hall–Kier alpha value is -1.23. The average molecular weight is 452 g/mol. The van der Waals surface area contributed by atoms with Gasteiger partial charge in [0, 0.05) is 30.0 Å². The molecule has 174 valence electrons. The number of fused-ring (bicyclic) bond motifs is 1. The molecule has 0 radical (unpaired) electrons. The smallest absolute Gasteiger partial charge is 0.0964 e. The van der Waals surface area contributed by atoms with E-state index in [2.05, 4.69) is 61.1 Å². The molecule has 0 bridgehead atoms. The number of piperidine rings is 1. The summed E-state index contributed by atoms with van der Waals surface area (Å²) in [5.41, 5.74) is 6.09. The standard InChI is InChI=1S/C28H41N3S/c1-27(2)11-12-28(3,4)24-19-22(7-8-23(24)27)25-20-32-26(29-25)21-9-15-31(16-10-21)18-17-30-13-5-6-14-30/h7-8,19-21H,5-6,9-18H2,1-4H3. The Balaban J connectivity index is 1.25. The first-order chi connectivity index (χ1) is 15.3. The molecule has 5 rings (SSSR count). The van der Waals surface area contributed by atoms with Crippen LogP contribution in [0.5, 0.6) is 0 Å². The van der Waals surface area contributed by atoms with Crippen LogP contribution in [0.3, 0.4) is 0 Å². The summed E-state index contributed by atoms with van der Waals surface area (Å²) < 4.78 is 0. The van der Waals surface area contributed by atoms with E-state index in [9.17, 15) is 0 Å². The first-order valence-electron chi connectivity index (χ1n) is 12.9. The van der Waals surface area contributed by atoms with Crippen LogP contribution in [-0.4, -0.2) is 54.1 Å². The monoisotopic (exact) mass is 451 g/mol. The van der Waals surface area contributed by atoms with Gasteiger partial charge in [-0.05, 0) is 92.7 Å². The SMILES string of the molecule is CC1(C)CCC(C)(C)c2cc(-c3csc(C4CCN(CCN5CCCC5)CC4)n3)ccc21. The van der Waals surface area contributed by atoms with Crippen molar-refractivity contribution >= 4 is 11.3 Å². The van der Waals surface area contributed by atoms with Crippen LogP contribution in [0, 0.1) is 0 Å². The van der Waals surface area contributed by atoms with E-state index < -0.39 is 0 Å². The summed E-state index contributed by atoms with van der Waals surface area (Å²) in [6, 6.07) is 7.17. The van der Waals surface area contributed by atoms with Crippen molar-refractivity contribution in [1.29, 1.82) is 0 Å². The predicted octanol–water partition coefficient (Wildman–Crippen LogP) is 6.43. The molecule has 4 heteroatoms. The zero-order valence-electron chi connectivity index (χ0n) is 20.6. The molecule has 2 fully saturated rings. The summed E-state index contributed by atoms with van der Waals surface area (Å²) in [5, 5.41) is 3.66. The normalized spacial score (nSPS) is 24.0. The summed E-state index contributed by atoms with van der Waals surface area (Å²) in [6.45, 7) is 17.2. The first-order valence-corrected chi connectivity index (χ1v) is 13.8. The molecule has 0 unspecified atom stereocenters. The topological polar surface area (TPSA) is 19.4 Å². The van der Waals surface area contributed by atoms with E-state index in [1.807, 2.05) is 11.3 Å². The molecule has 0 saturated carbocycles. The van der Waals surface area contributed by atoms with Gasteiger partial charge in [-0.25, -0.2) is 4.98 Å². The lowest BCUT2D eigenvalue weighted by Gasteiger charge is -2.42. The van der Waals surface area contributed by atoms with Gasteiger partial charge in [0.25, 0.3) is 0 Å². The molecule has 2 aromatic rings. The lowest BCUT2D eigenvalue weighted by molar-refractivity contribution is 0.185. The second-order valence-electron chi connectivity index (χ2n) is 11.8. The van der Waals surface area contributed by atoms with Gasteiger partial charge in [0.15, 0.2) is 0 Å². The first kappa shape index (κ1) is 22.6. The van der Waals surface area contributed by atoms with Crippen molar-refractivity contribution < 1.29 is 0 Å². The molecule has 32 heavy (non-hydrogen) atoms. The van der Waals surface area contributed by atoms with Crippen molar-refractivity contribution in [3.05, 3.63) is 39.7 Å². The fraction of sp³-hybridized carbons (Fsp3) is 0.679. The maximum atomic E-state index is 5.16. The van der Waals surface area contributed by atoms with E-state index in [0.717, 1.165) is 0 Å². The molecular weight excluding hydrogens is 410 g/mol. The van der Waals surface area contributed by atoms with E-state index in [1.165, 1.54) is 105 Å². The molecule has 0 atom stereocenters. The van der Waals surface area contributed by atoms with Crippen molar-refractivity contribution in [3.63, 3.8) is 0 Å². The summed E-state index contributed by atoms with van der Waals surface area (Å²) in [4.78, 5) is 10.5. The van der Waals surface area contributed by atoms with Crippen molar-refractivity contribution in [2.24, 2.45) is 0 Å². The van der Waals surface area contributed by atoms with Crippen LogP contribution in [0.15, 0.2) is 23.6 Å². The molecule has 3 nitrogen and oxygen atoms in total. The highest BCUT2D eigenvalue weighted by atomic mass is 32.1. The maximum Gasteiger partial charge on any atom is 0.0964 e. The van der Waals surface area contributed by atoms with Crippen molar-refractivity contribution in [1.82, 2.24) is 14.8 Å². The quantitative estimate of drug-likeness (QED) is 0.522. The van der Waals surface area contributed by atoms with Crippen LogP contribution in [0.4, 0.5) is 0 Å². The van der Waals surface area contributed by atoms with Crippen molar-refractivity contribution in [2.75, 3.05) is 39.3 Å². The summed E-state index contributed by atoms with van der Waals surface area (Å²) in [6.07, 6.45) is 7.84. The molecule has 1 aliphatic carbocycles. The van der Waals surface area contributed by atoms with Crippen LogP contribution in [-0.2, 0) is 10.8 Å². The highest BCUT2D eigenvalue weighted by Crippen LogP contribution is 2.47. The van der Waals surface area contributed by atoms with Crippen LogP contribution in [0.25, 0.3) is 11.3 Å². The van der Waals surface area contributed by atoms with Gasteiger partial charge in [0.2, 0.25) is 0 Å². The van der Waals surface area contributed by atoms with Crippen molar-refractivity contribution in [3.8, 4) is 11.3 Å². The molecule has 3 heterocycles. The van der Waals surface area contributed by atoms with Crippen LogP contribution >= 0.6 is 11.3 Å². The number of rotatable bonds is 5. The van der Waals surface area contributed by atoms with Crippen LogP contribution < -0.4 is 0 Å². The molecule has 0 amide bonds. The predicted molar refractivity (Wildman–Crippen MR) is 137 cm³/mol. The third kappa shape index (κ3) is 4.56. The zero-order valence-corrected chi connectivity index (χ0v) is 21.4. The number of aromatic nitrogens is 1. The molecule has 1 aromatic heterocycles. The number of nitrogens with zero attached hydrogens (tertiary/aromatic N) is 3. The van der Waals surface area contributed by atoms with Crippen LogP contribution in [0.1, 0.15) is 88.3 Å². The number of benzene rings is 1. The van der Waals surface area contributed by atoms with Gasteiger partial charge in [-0.1, -0.05) is 39.8 Å². The minimum Gasteiger partial charge on any atom is -0.302 e. The van der Waals surface area contributed by atoms with E-state index >= 15 is 0 Å². The number of likely N-dealkylation sites (tertiary alicyclic amines) is 2. The largest absolute Gasteiger partial charge is 0.302 e. The van der Waals surface area contributed by atoms with Gasteiger partial charge < -0.3 is 9.80 Å². The molecule has 0 N–H and O–H groups in total. The number of thiazole rings is 1. The molecule has 3 aliphatic rings. The minimum absolute atomic E-state index is 0.252. The van der Waals surface area contributed by atoms with E-state index in [1.54, 1.807) is 0 Å². The fourth-order valence-electron chi connectivity index (χ4n) is 6.05. The molecular formula is C28H41N3S. The van der Waals surface area contributed by atoms with Crippen LogP contribution in [0.2, 0.25) is 0 Å². The van der Waals surface area contributed by atoms with Gasteiger partial charge >= 0.3 is 0 Å². The Bertz CT molecular complexity index is 930. The van der Waals surface area contributed by atoms with Gasteiger partial charge in [0.05, 0.1) is 10.7 Å². The Labute approximate surface area is 199 Å². The third-order valence-corrected chi connectivity index (χ3v) is 9.55. The fourth-order valence-corrected chi connectivity index (χ4v) is 7.05. The second kappa shape index (κ2) is 8.85. The molecule has 2 saturated heterocycles. The zero-order chi connectivity index (χ0) is 22.3. The number of hydrogen-bond acceptors (Lipinski definition) is 4. The Morgan fingerprint density at radius 3 is 2.19 bits per heavy atom. The highest BCUT2D eigenvalue weighted by molar-refractivity contribution is 7.10. The van der Waals surface area contributed by atoms with Gasteiger partial charge in [-0.3, -0.25) is 0 Å². The Morgan fingerprint density at radius 1 is 0.875 bits per heavy atom. The average Bonchev–Trinajstić information content (AvgIpc) is 3.48. The maximum absolute atomic E-state index is 5.16. The van der Waals surface area contributed by atoms with Gasteiger partial charge in [0.1, 0.15) is 0 Å². The van der Waals surface area contributed by atoms with E-state index in [-0.39, 0.29) is 10.8 Å².